The van der Waals surface area contributed by atoms with Crippen LogP contribution in [-0.2, 0) is 0 Å². The minimum Gasteiger partial charge on any atom is -0.497 e. The number of pyridine rings is 1. The van der Waals surface area contributed by atoms with Crippen LogP contribution in [-0.4, -0.2) is 23.0 Å². The van der Waals surface area contributed by atoms with E-state index in [1.165, 1.54) is 4.57 Å². The van der Waals surface area contributed by atoms with Crippen LogP contribution in [0, 0.1) is 13.8 Å². The summed E-state index contributed by atoms with van der Waals surface area (Å²) in [5.74, 6) is 0.549. The average Bonchev–Trinajstić information content (AvgIpc) is 2.76. The first-order chi connectivity index (χ1) is 14.5. The Morgan fingerprint density at radius 2 is 1.70 bits per heavy atom. The molecule has 4 rings (SSSR count). The van der Waals surface area contributed by atoms with Crippen molar-refractivity contribution in [3.63, 3.8) is 0 Å². The number of ether oxygens (including phenoxy) is 1. The Hall–Kier alpha value is -3.86. The van der Waals surface area contributed by atoms with Gasteiger partial charge in [0, 0.05) is 23.1 Å². The van der Waals surface area contributed by atoms with E-state index >= 15 is 0 Å². The molecule has 0 aliphatic carbocycles. The fraction of sp³-hybridized carbons (Fsp3) is 0.120. The Kier molecular flexibility index (Phi) is 5.11. The monoisotopic (exact) mass is 398 g/mol. The average molecular weight is 398 g/mol. The highest BCUT2D eigenvalue weighted by molar-refractivity contribution is 6.02. The Morgan fingerprint density at radius 1 is 0.933 bits per heavy atom. The van der Waals surface area contributed by atoms with Crippen LogP contribution in [0.25, 0.3) is 16.5 Å². The molecule has 0 fully saturated rings. The lowest BCUT2D eigenvalue weighted by Gasteiger charge is -2.14. The number of fused-ring (bicyclic) bond motifs is 1. The molecule has 0 spiro atoms. The van der Waals surface area contributed by atoms with Crippen LogP contribution < -0.4 is 10.3 Å². The van der Waals surface area contributed by atoms with Crippen LogP contribution in [0.1, 0.15) is 16.7 Å². The van der Waals surface area contributed by atoms with Gasteiger partial charge in [-0.1, -0.05) is 30.3 Å². The standard InChI is InChI=1S/C25H22N2O3/c1-16-11-12-19(13-17(16)2)27-24(28)22-10-5-4-9-21(22)23(25(27)29)15-26-18-7-6-8-20(14-18)30-3/h4-15,29H,1-3H3. The molecule has 1 aromatic heterocycles. The second-order valence-corrected chi connectivity index (χ2v) is 7.15. The Labute approximate surface area is 174 Å². The molecule has 0 saturated heterocycles. The molecular weight excluding hydrogens is 376 g/mol. The first-order valence-electron chi connectivity index (χ1n) is 9.62. The molecule has 5 heteroatoms. The summed E-state index contributed by atoms with van der Waals surface area (Å²) in [6.45, 7) is 3.99. The number of nitrogens with zero attached hydrogens (tertiary/aromatic N) is 2. The normalized spacial score (nSPS) is 11.3. The highest BCUT2D eigenvalue weighted by atomic mass is 16.5. The number of aryl methyl sites for hydroxylation is 2. The first-order valence-corrected chi connectivity index (χ1v) is 9.62. The number of rotatable bonds is 4. The van der Waals surface area contributed by atoms with Gasteiger partial charge >= 0.3 is 0 Å². The summed E-state index contributed by atoms with van der Waals surface area (Å²) < 4.78 is 6.58. The van der Waals surface area contributed by atoms with Gasteiger partial charge in [0.2, 0.25) is 5.88 Å². The summed E-state index contributed by atoms with van der Waals surface area (Å²) in [6, 6.07) is 20.2. The van der Waals surface area contributed by atoms with E-state index in [0.717, 1.165) is 11.1 Å². The van der Waals surface area contributed by atoms with Gasteiger partial charge in [0.15, 0.2) is 0 Å². The van der Waals surface area contributed by atoms with E-state index in [0.29, 0.717) is 33.5 Å². The molecular formula is C25H22N2O3. The van der Waals surface area contributed by atoms with Crippen molar-refractivity contribution < 1.29 is 9.84 Å². The number of aromatic hydroxyl groups is 1. The molecule has 1 N–H and O–H groups in total. The summed E-state index contributed by atoms with van der Waals surface area (Å²) >= 11 is 0. The molecule has 0 saturated carbocycles. The van der Waals surface area contributed by atoms with Crippen molar-refractivity contribution in [3.05, 3.63) is 93.8 Å². The molecule has 0 aliphatic heterocycles. The van der Waals surface area contributed by atoms with E-state index in [2.05, 4.69) is 4.99 Å². The Bertz CT molecular complexity index is 1340. The van der Waals surface area contributed by atoms with Gasteiger partial charge in [-0.15, -0.1) is 0 Å². The number of hydrogen-bond acceptors (Lipinski definition) is 4. The smallest absolute Gasteiger partial charge is 0.265 e. The third kappa shape index (κ3) is 3.46. The topological polar surface area (TPSA) is 63.8 Å². The van der Waals surface area contributed by atoms with Gasteiger partial charge in [-0.05, 0) is 55.3 Å². The molecule has 0 amide bonds. The molecule has 0 atom stereocenters. The molecule has 0 radical (unpaired) electrons. The maximum atomic E-state index is 13.2. The molecule has 0 unspecified atom stereocenters. The van der Waals surface area contributed by atoms with Gasteiger partial charge in [-0.25, -0.2) is 4.57 Å². The number of aliphatic imine (C=N–C) groups is 1. The fourth-order valence-electron chi connectivity index (χ4n) is 3.42. The van der Waals surface area contributed by atoms with Gasteiger partial charge in [0.25, 0.3) is 5.56 Å². The molecule has 4 aromatic rings. The minimum absolute atomic E-state index is 0.145. The molecule has 30 heavy (non-hydrogen) atoms. The highest BCUT2D eigenvalue weighted by Gasteiger charge is 2.16. The summed E-state index contributed by atoms with van der Waals surface area (Å²) in [7, 11) is 1.60. The van der Waals surface area contributed by atoms with E-state index in [1.54, 1.807) is 25.5 Å². The minimum atomic E-state index is -0.273. The molecule has 150 valence electrons. The number of methoxy groups -OCH3 is 1. The van der Waals surface area contributed by atoms with Crippen LogP contribution in [0.15, 0.2) is 76.5 Å². The summed E-state index contributed by atoms with van der Waals surface area (Å²) in [6.07, 6.45) is 1.59. The maximum Gasteiger partial charge on any atom is 0.265 e. The van der Waals surface area contributed by atoms with Crippen molar-refractivity contribution in [2.24, 2.45) is 4.99 Å². The zero-order valence-corrected chi connectivity index (χ0v) is 17.1. The maximum absolute atomic E-state index is 13.2. The predicted molar refractivity (Wildman–Crippen MR) is 121 cm³/mol. The lowest BCUT2D eigenvalue weighted by molar-refractivity contribution is 0.415. The molecule has 5 nitrogen and oxygen atoms in total. The summed E-state index contributed by atoms with van der Waals surface area (Å²) in [5.41, 5.74) is 3.66. The van der Waals surface area contributed by atoms with Crippen LogP contribution in [0.2, 0.25) is 0 Å². The SMILES string of the molecule is COc1cccc(N=Cc2c(O)n(-c3ccc(C)c(C)c3)c(=O)c3ccccc23)c1. The zero-order chi connectivity index (χ0) is 21.3. The molecule has 1 heterocycles. The first kappa shape index (κ1) is 19.5. The van der Waals surface area contributed by atoms with Crippen LogP contribution in [0.3, 0.4) is 0 Å². The largest absolute Gasteiger partial charge is 0.497 e. The van der Waals surface area contributed by atoms with E-state index in [9.17, 15) is 9.90 Å². The van der Waals surface area contributed by atoms with Gasteiger partial charge in [0.05, 0.1) is 24.0 Å². The van der Waals surface area contributed by atoms with Crippen LogP contribution >= 0.6 is 0 Å². The fourth-order valence-corrected chi connectivity index (χ4v) is 3.42. The lowest BCUT2D eigenvalue weighted by Crippen LogP contribution is -2.20. The second-order valence-electron chi connectivity index (χ2n) is 7.15. The summed E-state index contributed by atoms with van der Waals surface area (Å²) in [4.78, 5) is 17.7. The van der Waals surface area contributed by atoms with Crippen LogP contribution in [0.5, 0.6) is 11.6 Å². The number of aromatic nitrogens is 1. The highest BCUT2D eigenvalue weighted by Crippen LogP contribution is 2.28. The predicted octanol–water partition coefficient (Wildman–Crippen LogP) is 5.07. The molecule has 3 aromatic carbocycles. The third-order valence-corrected chi connectivity index (χ3v) is 5.25. The van der Waals surface area contributed by atoms with Gasteiger partial charge in [-0.3, -0.25) is 9.79 Å². The quantitative estimate of drug-likeness (QED) is 0.488. The van der Waals surface area contributed by atoms with Gasteiger partial charge in [0.1, 0.15) is 5.75 Å². The van der Waals surface area contributed by atoms with E-state index in [4.69, 9.17) is 4.74 Å². The van der Waals surface area contributed by atoms with Crippen molar-refractivity contribution in [1.29, 1.82) is 0 Å². The van der Waals surface area contributed by atoms with Gasteiger partial charge < -0.3 is 9.84 Å². The van der Waals surface area contributed by atoms with E-state index in [1.807, 2.05) is 68.4 Å². The molecule has 0 aliphatic rings. The third-order valence-electron chi connectivity index (χ3n) is 5.25. The van der Waals surface area contributed by atoms with Crippen molar-refractivity contribution in [3.8, 4) is 17.3 Å². The zero-order valence-electron chi connectivity index (χ0n) is 17.1. The Morgan fingerprint density at radius 3 is 2.43 bits per heavy atom. The number of hydrogen-bond donors (Lipinski definition) is 1. The van der Waals surface area contributed by atoms with E-state index < -0.39 is 0 Å². The summed E-state index contributed by atoms with van der Waals surface area (Å²) in [5, 5.41) is 12.3. The Balaban J connectivity index is 1.95. The van der Waals surface area contributed by atoms with Crippen LogP contribution in [0.4, 0.5) is 5.69 Å². The lowest BCUT2D eigenvalue weighted by atomic mass is 10.1. The molecule has 0 bridgehead atoms. The van der Waals surface area contributed by atoms with Crippen molar-refractivity contribution in [2.75, 3.05) is 7.11 Å². The van der Waals surface area contributed by atoms with Gasteiger partial charge in [-0.2, -0.15) is 0 Å². The van der Waals surface area contributed by atoms with E-state index in [-0.39, 0.29) is 11.4 Å². The number of benzene rings is 3. The second kappa shape index (κ2) is 7.87. The van der Waals surface area contributed by atoms with Crippen molar-refractivity contribution >= 4 is 22.7 Å². The van der Waals surface area contributed by atoms with Crippen molar-refractivity contribution in [2.45, 2.75) is 13.8 Å². The van der Waals surface area contributed by atoms with Crippen molar-refractivity contribution in [1.82, 2.24) is 4.57 Å².